The first-order valence-electron chi connectivity index (χ1n) is 13.1. The third-order valence-corrected chi connectivity index (χ3v) is 8.93. The standard InChI is InChI=1S/C30H32N4O3S/c1-30(2,3)27(32-28(36)24-13-18-8-4-6-10-23(18)31-24)29(37)34-17-20-14-21(34)16-33(20)26(35)15-22-12-19-9-5-7-11-25(19)38-22/h4-13,20-21,27,31H,14-17H2,1-3H3,(H,32,36)/t20-,21-,27+/m0/s1. The van der Waals surface area contributed by atoms with Crippen LogP contribution >= 0.6 is 11.3 Å². The van der Waals surface area contributed by atoms with Gasteiger partial charge in [-0.2, -0.15) is 0 Å². The van der Waals surface area contributed by atoms with E-state index in [1.807, 2.05) is 73.0 Å². The molecule has 0 saturated carbocycles. The molecule has 3 atom stereocenters. The number of benzene rings is 2. The van der Waals surface area contributed by atoms with E-state index in [2.05, 4.69) is 28.5 Å². The van der Waals surface area contributed by atoms with Crippen molar-refractivity contribution in [3.05, 3.63) is 71.2 Å². The highest BCUT2D eigenvalue weighted by molar-refractivity contribution is 7.19. The van der Waals surface area contributed by atoms with Crippen LogP contribution in [0.3, 0.4) is 0 Å². The van der Waals surface area contributed by atoms with Crippen LogP contribution in [0.15, 0.2) is 60.7 Å². The highest BCUT2D eigenvalue weighted by Crippen LogP contribution is 2.34. The van der Waals surface area contributed by atoms with Gasteiger partial charge in [-0.15, -0.1) is 11.3 Å². The Morgan fingerprint density at radius 1 is 0.974 bits per heavy atom. The minimum atomic E-state index is -0.677. The third-order valence-electron chi connectivity index (χ3n) is 7.81. The summed E-state index contributed by atoms with van der Waals surface area (Å²) in [5.74, 6) is -0.249. The average Bonchev–Trinajstić information content (AvgIpc) is 3.67. The molecule has 3 amide bonds. The summed E-state index contributed by atoms with van der Waals surface area (Å²) in [6.45, 7) is 6.96. The largest absolute Gasteiger partial charge is 0.351 e. The van der Waals surface area contributed by atoms with Crippen molar-refractivity contribution < 1.29 is 14.4 Å². The molecule has 0 aliphatic carbocycles. The molecule has 2 fully saturated rings. The molecule has 2 aromatic heterocycles. The lowest BCUT2D eigenvalue weighted by atomic mass is 9.85. The number of piperazine rings is 1. The zero-order valence-electron chi connectivity index (χ0n) is 21.9. The molecule has 2 N–H and O–H groups in total. The number of nitrogens with zero attached hydrogens (tertiary/aromatic N) is 2. The molecule has 38 heavy (non-hydrogen) atoms. The summed E-state index contributed by atoms with van der Waals surface area (Å²) >= 11 is 1.67. The third kappa shape index (κ3) is 4.47. The number of carbonyl (C=O) groups excluding carboxylic acids is 3. The van der Waals surface area contributed by atoms with Crippen molar-refractivity contribution in [1.82, 2.24) is 20.1 Å². The van der Waals surface area contributed by atoms with Crippen molar-refractivity contribution in [2.75, 3.05) is 13.1 Å². The predicted octanol–water partition coefficient (Wildman–Crippen LogP) is 4.58. The molecular formula is C30H32N4O3S. The summed E-state index contributed by atoms with van der Waals surface area (Å²) in [6.07, 6.45) is 1.18. The molecule has 4 aromatic rings. The van der Waals surface area contributed by atoms with Crippen LogP contribution in [0.4, 0.5) is 0 Å². The van der Waals surface area contributed by atoms with Gasteiger partial charge in [-0.1, -0.05) is 57.2 Å². The van der Waals surface area contributed by atoms with E-state index in [1.54, 1.807) is 11.3 Å². The molecule has 6 rings (SSSR count). The molecule has 2 bridgehead atoms. The molecule has 2 aliphatic heterocycles. The van der Waals surface area contributed by atoms with Crippen LogP contribution in [0.2, 0.25) is 0 Å². The van der Waals surface area contributed by atoms with Crippen molar-refractivity contribution in [3.63, 3.8) is 0 Å². The number of amides is 3. The molecule has 0 unspecified atom stereocenters. The summed E-state index contributed by atoms with van der Waals surface area (Å²) in [5, 5.41) is 5.13. The molecular weight excluding hydrogens is 496 g/mol. The number of rotatable bonds is 5. The first kappa shape index (κ1) is 24.7. The van der Waals surface area contributed by atoms with Gasteiger partial charge in [0.05, 0.1) is 18.5 Å². The van der Waals surface area contributed by atoms with Gasteiger partial charge in [-0.3, -0.25) is 14.4 Å². The Kier molecular flexibility index (Phi) is 6.02. The average molecular weight is 529 g/mol. The second-order valence-electron chi connectivity index (χ2n) is 11.6. The molecule has 2 saturated heterocycles. The van der Waals surface area contributed by atoms with E-state index in [-0.39, 0.29) is 29.8 Å². The highest BCUT2D eigenvalue weighted by Gasteiger charge is 2.49. The van der Waals surface area contributed by atoms with E-state index in [0.29, 0.717) is 25.2 Å². The number of nitrogens with one attached hydrogen (secondary N) is 2. The lowest BCUT2D eigenvalue weighted by Gasteiger charge is -2.39. The van der Waals surface area contributed by atoms with Crippen LogP contribution in [0, 0.1) is 5.41 Å². The fourth-order valence-corrected chi connectivity index (χ4v) is 6.89. The van der Waals surface area contributed by atoms with E-state index >= 15 is 0 Å². The second-order valence-corrected chi connectivity index (χ2v) is 12.7. The van der Waals surface area contributed by atoms with Crippen LogP contribution in [-0.4, -0.2) is 63.7 Å². The highest BCUT2D eigenvalue weighted by atomic mass is 32.1. The number of aromatic amines is 1. The number of aromatic nitrogens is 1. The summed E-state index contributed by atoms with van der Waals surface area (Å²) in [6, 6.07) is 19.1. The number of hydrogen-bond acceptors (Lipinski definition) is 4. The maximum Gasteiger partial charge on any atom is 0.268 e. The second kappa shape index (κ2) is 9.27. The zero-order valence-corrected chi connectivity index (χ0v) is 22.7. The summed E-state index contributed by atoms with van der Waals surface area (Å²) < 4.78 is 1.19. The van der Waals surface area contributed by atoms with Gasteiger partial charge in [0.25, 0.3) is 5.91 Å². The summed E-state index contributed by atoms with van der Waals surface area (Å²) in [4.78, 5) is 48.2. The molecule has 2 aromatic carbocycles. The SMILES string of the molecule is CC(C)(C)[C@H](NC(=O)c1cc2ccccc2[nH]1)C(=O)N1C[C@@H]2C[C@H]1CN2C(=O)Cc1cc2ccccc2s1. The van der Waals surface area contributed by atoms with Crippen LogP contribution in [0.1, 0.15) is 42.6 Å². The molecule has 7 nitrogen and oxygen atoms in total. The van der Waals surface area contributed by atoms with Crippen LogP contribution in [-0.2, 0) is 16.0 Å². The van der Waals surface area contributed by atoms with Crippen molar-refractivity contribution in [1.29, 1.82) is 0 Å². The molecule has 0 radical (unpaired) electrons. The number of carbonyl (C=O) groups is 3. The van der Waals surface area contributed by atoms with Crippen molar-refractivity contribution in [3.8, 4) is 0 Å². The molecule has 4 heterocycles. The van der Waals surface area contributed by atoms with Crippen molar-refractivity contribution >= 4 is 50.0 Å². The Morgan fingerprint density at radius 3 is 2.34 bits per heavy atom. The fourth-order valence-electron chi connectivity index (χ4n) is 5.84. The van der Waals surface area contributed by atoms with Crippen LogP contribution < -0.4 is 5.32 Å². The van der Waals surface area contributed by atoms with Crippen LogP contribution in [0.5, 0.6) is 0 Å². The molecule has 2 aliphatic rings. The first-order chi connectivity index (χ1) is 18.2. The van der Waals surface area contributed by atoms with E-state index < -0.39 is 11.5 Å². The Hall–Kier alpha value is -3.65. The number of likely N-dealkylation sites (tertiary alicyclic amines) is 2. The van der Waals surface area contributed by atoms with Gasteiger partial charge in [-0.05, 0) is 41.5 Å². The Morgan fingerprint density at radius 2 is 1.66 bits per heavy atom. The van der Waals surface area contributed by atoms with E-state index in [9.17, 15) is 14.4 Å². The zero-order chi connectivity index (χ0) is 26.6. The van der Waals surface area contributed by atoms with Crippen molar-refractivity contribution in [2.24, 2.45) is 5.41 Å². The lowest BCUT2D eigenvalue weighted by Crippen LogP contribution is -2.59. The van der Waals surface area contributed by atoms with Gasteiger partial charge in [0.15, 0.2) is 0 Å². The first-order valence-corrected chi connectivity index (χ1v) is 13.9. The maximum absolute atomic E-state index is 13.8. The smallest absolute Gasteiger partial charge is 0.268 e. The van der Waals surface area contributed by atoms with Crippen molar-refractivity contribution in [2.45, 2.75) is 51.7 Å². The summed E-state index contributed by atoms with van der Waals surface area (Å²) in [7, 11) is 0. The maximum atomic E-state index is 13.8. The monoisotopic (exact) mass is 528 g/mol. The van der Waals surface area contributed by atoms with Crippen LogP contribution in [0.25, 0.3) is 21.0 Å². The Balaban J connectivity index is 1.12. The molecule has 196 valence electrons. The number of hydrogen-bond donors (Lipinski definition) is 2. The van der Waals surface area contributed by atoms with E-state index in [1.165, 1.54) is 10.1 Å². The Bertz CT molecular complexity index is 1480. The van der Waals surface area contributed by atoms with Gasteiger partial charge < -0.3 is 20.1 Å². The van der Waals surface area contributed by atoms with E-state index in [4.69, 9.17) is 0 Å². The van der Waals surface area contributed by atoms with Gasteiger partial charge in [0.2, 0.25) is 11.8 Å². The predicted molar refractivity (Wildman–Crippen MR) is 150 cm³/mol. The molecule has 8 heteroatoms. The minimum Gasteiger partial charge on any atom is -0.351 e. The fraction of sp³-hybridized carbons (Fsp3) is 0.367. The summed E-state index contributed by atoms with van der Waals surface area (Å²) in [5.41, 5.74) is 0.847. The Labute approximate surface area is 225 Å². The topological polar surface area (TPSA) is 85.5 Å². The quantitative estimate of drug-likeness (QED) is 0.398. The number of H-pyrrole nitrogens is 1. The molecule has 0 spiro atoms. The van der Waals surface area contributed by atoms with E-state index in [0.717, 1.165) is 22.2 Å². The minimum absolute atomic E-state index is 0.0197. The number of para-hydroxylation sites is 1. The lowest BCUT2D eigenvalue weighted by molar-refractivity contribution is -0.142. The number of fused-ring (bicyclic) bond motifs is 4. The van der Waals surface area contributed by atoms with Gasteiger partial charge in [0.1, 0.15) is 11.7 Å². The van der Waals surface area contributed by atoms with Gasteiger partial charge >= 0.3 is 0 Å². The van der Waals surface area contributed by atoms with Gasteiger partial charge in [-0.25, -0.2) is 0 Å². The van der Waals surface area contributed by atoms with Gasteiger partial charge in [0, 0.05) is 33.6 Å². The number of thiophene rings is 1. The normalized spacial score (nSPS) is 19.9.